The van der Waals surface area contributed by atoms with E-state index in [1.54, 1.807) is 0 Å². The summed E-state index contributed by atoms with van der Waals surface area (Å²) in [6.45, 7) is 6.05. The quantitative estimate of drug-likeness (QED) is 0.829. The third-order valence-corrected chi connectivity index (χ3v) is 3.77. The van der Waals surface area contributed by atoms with E-state index >= 15 is 0 Å². The Kier molecular flexibility index (Phi) is 4.96. The molecule has 0 saturated heterocycles. The number of thiophene rings is 1. The van der Waals surface area contributed by atoms with Gasteiger partial charge in [0.1, 0.15) is 0 Å². The summed E-state index contributed by atoms with van der Waals surface area (Å²) in [6, 6.07) is 1.80. The first kappa shape index (κ1) is 13.2. The number of hydrogen-bond acceptors (Lipinski definition) is 3. The highest BCUT2D eigenvalue weighted by Crippen LogP contribution is 2.21. The minimum Gasteiger partial charge on any atom is -0.394 e. The summed E-state index contributed by atoms with van der Waals surface area (Å²) < 4.78 is 0. The highest BCUT2D eigenvalue weighted by atomic mass is 32.1. The first-order chi connectivity index (χ1) is 7.62. The molecule has 0 aliphatic carbocycles. The second-order valence-electron chi connectivity index (χ2n) is 3.81. The maximum atomic E-state index is 11.8. The number of carbonyl (C=O) groups excluding carboxylic acids is 1. The molecule has 0 radical (unpaired) electrons. The van der Waals surface area contributed by atoms with Gasteiger partial charge >= 0.3 is 0 Å². The number of hydrogen-bond donors (Lipinski definition) is 2. The summed E-state index contributed by atoms with van der Waals surface area (Å²) in [5.74, 6) is -0.0753. The Hall–Kier alpha value is -0.870. The molecule has 3 nitrogen and oxygen atoms in total. The van der Waals surface area contributed by atoms with E-state index < -0.39 is 0 Å². The van der Waals surface area contributed by atoms with Crippen LogP contribution in [0.15, 0.2) is 6.07 Å². The minimum atomic E-state index is -0.139. The van der Waals surface area contributed by atoms with Crippen LogP contribution in [0.5, 0.6) is 0 Å². The molecule has 1 heterocycles. The first-order valence-electron chi connectivity index (χ1n) is 5.63. The zero-order valence-electron chi connectivity index (χ0n) is 10.0. The molecule has 1 aromatic rings. The van der Waals surface area contributed by atoms with E-state index in [0.717, 1.165) is 17.7 Å². The lowest BCUT2D eigenvalue weighted by molar-refractivity contribution is 0.0919. The lowest BCUT2D eigenvalue weighted by Gasteiger charge is -2.12. The molecule has 90 valence electrons. The summed E-state index contributed by atoms with van der Waals surface area (Å²) in [5.41, 5.74) is 1.23. The average Bonchev–Trinajstić information content (AvgIpc) is 2.67. The summed E-state index contributed by atoms with van der Waals surface area (Å²) in [4.78, 5) is 13.8. The van der Waals surface area contributed by atoms with Crippen LogP contribution in [0.25, 0.3) is 0 Å². The van der Waals surface area contributed by atoms with Gasteiger partial charge in [0.25, 0.3) is 5.91 Å². The molecule has 1 rings (SSSR count). The Bertz CT molecular complexity index is 356. The Balaban J connectivity index is 2.72. The Morgan fingerprint density at radius 3 is 2.69 bits per heavy atom. The summed E-state index contributed by atoms with van der Waals surface area (Å²) in [6.07, 6.45) is 1.69. The molecule has 1 atom stereocenters. The van der Waals surface area contributed by atoms with E-state index in [1.807, 2.05) is 19.9 Å². The molecule has 1 aromatic heterocycles. The zero-order chi connectivity index (χ0) is 12.1. The second kappa shape index (κ2) is 6.01. The number of aliphatic hydroxyl groups excluding tert-OH is 1. The van der Waals surface area contributed by atoms with Crippen molar-refractivity contribution in [1.82, 2.24) is 5.32 Å². The fourth-order valence-corrected chi connectivity index (χ4v) is 2.53. The number of aliphatic hydroxyl groups is 1. The van der Waals surface area contributed by atoms with Crippen molar-refractivity contribution in [3.05, 3.63) is 21.4 Å². The molecule has 4 heteroatoms. The van der Waals surface area contributed by atoms with E-state index in [4.69, 9.17) is 5.11 Å². The van der Waals surface area contributed by atoms with Crippen LogP contribution >= 0.6 is 11.3 Å². The highest BCUT2D eigenvalue weighted by Gasteiger charge is 2.14. The Labute approximate surface area is 100 Å². The fourth-order valence-electron chi connectivity index (χ4n) is 1.52. The van der Waals surface area contributed by atoms with Gasteiger partial charge in [-0.3, -0.25) is 4.79 Å². The van der Waals surface area contributed by atoms with Crippen molar-refractivity contribution in [2.24, 2.45) is 0 Å². The zero-order valence-corrected chi connectivity index (χ0v) is 10.9. The van der Waals surface area contributed by atoms with Gasteiger partial charge in [-0.15, -0.1) is 11.3 Å². The van der Waals surface area contributed by atoms with Crippen LogP contribution in [0.2, 0.25) is 0 Å². The van der Waals surface area contributed by atoms with Gasteiger partial charge in [-0.1, -0.05) is 13.8 Å². The summed E-state index contributed by atoms with van der Waals surface area (Å²) in [7, 11) is 0. The molecule has 0 saturated carbocycles. The third-order valence-electron chi connectivity index (χ3n) is 2.67. The molecule has 1 amide bonds. The molecule has 2 N–H and O–H groups in total. The fraction of sp³-hybridized carbons (Fsp3) is 0.583. The first-order valence-corrected chi connectivity index (χ1v) is 6.45. The standard InChI is InChI=1S/C12H19NO2S/c1-4-9-6-11(16-8(9)3)12(15)13-10(5-2)7-14/h6,10,14H,4-5,7H2,1-3H3,(H,13,15)/t10-/m1/s1. The predicted octanol–water partition coefficient (Wildman–Crippen LogP) is 2.12. The molecular formula is C12H19NO2S. The van der Waals surface area contributed by atoms with E-state index in [2.05, 4.69) is 12.2 Å². The second-order valence-corrected chi connectivity index (χ2v) is 5.06. The monoisotopic (exact) mass is 241 g/mol. The third kappa shape index (κ3) is 3.06. The van der Waals surface area contributed by atoms with Crippen molar-refractivity contribution < 1.29 is 9.90 Å². The van der Waals surface area contributed by atoms with Crippen molar-refractivity contribution >= 4 is 17.2 Å². The van der Waals surface area contributed by atoms with Crippen LogP contribution in [0.4, 0.5) is 0 Å². The van der Waals surface area contributed by atoms with E-state index in [1.165, 1.54) is 21.8 Å². The summed E-state index contributed by atoms with van der Waals surface area (Å²) >= 11 is 1.52. The summed E-state index contributed by atoms with van der Waals surface area (Å²) in [5, 5.41) is 11.8. The van der Waals surface area contributed by atoms with Crippen LogP contribution in [0.1, 0.15) is 40.4 Å². The molecular weight excluding hydrogens is 222 g/mol. The maximum Gasteiger partial charge on any atom is 0.261 e. The van der Waals surface area contributed by atoms with Crippen LogP contribution in [-0.4, -0.2) is 23.7 Å². The van der Waals surface area contributed by atoms with Crippen molar-refractivity contribution in [1.29, 1.82) is 0 Å². The molecule has 0 spiro atoms. The van der Waals surface area contributed by atoms with Gasteiger partial charge in [0.15, 0.2) is 0 Å². The van der Waals surface area contributed by atoms with Crippen LogP contribution in [-0.2, 0) is 6.42 Å². The van der Waals surface area contributed by atoms with Gasteiger partial charge in [-0.2, -0.15) is 0 Å². The van der Waals surface area contributed by atoms with Gasteiger partial charge in [-0.25, -0.2) is 0 Å². The molecule has 0 aliphatic rings. The minimum absolute atomic E-state index is 0.00671. The number of amides is 1. The van der Waals surface area contributed by atoms with Crippen molar-refractivity contribution in [2.75, 3.05) is 6.61 Å². The topological polar surface area (TPSA) is 49.3 Å². The predicted molar refractivity (Wildman–Crippen MR) is 67.1 cm³/mol. The van der Waals surface area contributed by atoms with Gasteiger partial charge < -0.3 is 10.4 Å². The van der Waals surface area contributed by atoms with Crippen molar-refractivity contribution in [3.8, 4) is 0 Å². The molecule has 0 aromatic carbocycles. The maximum absolute atomic E-state index is 11.8. The number of nitrogens with one attached hydrogen (secondary N) is 1. The molecule has 0 unspecified atom stereocenters. The van der Waals surface area contributed by atoms with Crippen molar-refractivity contribution in [2.45, 2.75) is 39.7 Å². The van der Waals surface area contributed by atoms with Crippen molar-refractivity contribution in [3.63, 3.8) is 0 Å². The largest absolute Gasteiger partial charge is 0.394 e. The van der Waals surface area contributed by atoms with Crippen LogP contribution in [0.3, 0.4) is 0 Å². The Morgan fingerprint density at radius 2 is 2.25 bits per heavy atom. The van der Waals surface area contributed by atoms with Gasteiger partial charge in [-0.05, 0) is 31.4 Å². The average molecular weight is 241 g/mol. The van der Waals surface area contributed by atoms with Gasteiger partial charge in [0.2, 0.25) is 0 Å². The molecule has 0 bridgehead atoms. The van der Waals surface area contributed by atoms with Crippen LogP contribution in [0, 0.1) is 6.92 Å². The highest BCUT2D eigenvalue weighted by molar-refractivity contribution is 7.14. The normalized spacial score (nSPS) is 12.5. The lowest BCUT2D eigenvalue weighted by Crippen LogP contribution is -2.36. The SMILES string of the molecule is CCc1cc(C(=O)N[C@H](CC)CO)sc1C. The smallest absolute Gasteiger partial charge is 0.261 e. The number of carbonyl (C=O) groups is 1. The lowest BCUT2D eigenvalue weighted by atomic mass is 10.2. The van der Waals surface area contributed by atoms with Crippen LogP contribution < -0.4 is 5.32 Å². The molecule has 16 heavy (non-hydrogen) atoms. The molecule has 0 aliphatic heterocycles. The van der Waals surface area contributed by atoms with Gasteiger partial charge in [0.05, 0.1) is 17.5 Å². The van der Waals surface area contributed by atoms with Gasteiger partial charge in [0, 0.05) is 4.88 Å². The van der Waals surface area contributed by atoms with E-state index in [9.17, 15) is 4.79 Å². The number of aryl methyl sites for hydroxylation is 2. The Morgan fingerprint density at radius 1 is 1.56 bits per heavy atom. The molecule has 0 fully saturated rings. The van der Waals surface area contributed by atoms with E-state index in [0.29, 0.717) is 0 Å². The number of rotatable bonds is 5. The van der Waals surface area contributed by atoms with E-state index in [-0.39, 0.29) is 18.6 Å².